The normalized spacial score (nSPS) is 11.2. The van der Waals surface area contributed by atoms with Crippen molar-refractivity contribution in [2.45, 2.75) is 13.5 Å². The Bertz CT molecular complexity index is 1240. The number of esters is 1. The Morgan fingerprint density at radius 3 is 2.62 bits per heavy atom. The second kappa shape index (κ2) is 7.73. The van der Waals surface area contributed by atoms with E-state index in [-0.39, 0.29) is 0 Å². The molecule has 0 aliphatic rings. The molecule has 0 atom stereocenters. The minimum absolute atomic E-state index is 0.334. The Kier molecular flexibility index (Phi) is 5.12. The number of carbonyl (C=O) groups excluding carboxylic acids is 1. The smallest absolute Gasteiger partial charge is 0.337 e. The van der Waals surface area contributed by atoms with Gasteiger partial charge in [-0.05, 0) is 36.8 Å². The van der Waals surface area contributed by atoms with Crippen LogP contribution < -0.4 is 4.74 Å². The van der Waals surface area contributed by atoms with Crippen molar-refractivity contribution in [2.75, 3.05) is 21.3 Å². The monoisotopic (exact) mass is 409 g/mol. The summed E-state index contributed by atoms with van der Waals surface area (Å²) in [6, 6.07) is 7.34. The van der Waals surface area contributed by atoms with Gasteiger partial charge in [-0.1, -0.05) is 0 Å². The third-order valence-electron chi connectivity index (χ3n) is 4.53. The minimum atomic E-state index is -0.439. The number of methoxy groups -OCH3 is 3. The molecule has 0 unspecified atom stereocenters. The van der Waals surface area contributed by atoms with Crippen LogP contribution in [-0.4, -0.2) is 42.3 Å². The number of fused-ring (bicyclic) bond motifs is 2. The fraction of sp³-hybridized carbons (Fsp3) is 0.238. The first kappa shape index (κ1) is 19.2. The van der Waals surface area contributed by atoms with Gasteiger partial charge in [0.25, 0.3) is 0 Å². The molecule has 0 saturated carbocycles. The van der Waals surface area contributed by atoms with Crippen LogP contribution in [0.3, 0.4) is 0 Å². The highest BCUT2D eigenvalue weighted by Gasteiger charge is 2.18. The van der Waals surface area contributed by atoms with Crippen LogP contribution in [0.25, 0.3) is 31.8 Å². The van der Waals surface area contributed by atoms with E-state index < -0.39 is 5.97 Å². The fourth-order valence-electron chi connectivity index (χ4n) is 3.18. The summed E-state index contributed by atoms with van der Waals surface area (Å²) in [7, 11) is 4.59. The Morgan fingerprint density at radius 1 is 1.07 bits per heavy atom. The fourth-order valence-corrected chi connectivity index (χ4v) is 4.27. The summed E-state index contributed by atoms with van der Waals surface area (Å²) in [5.74, 6) is 0.341. The van der Waals surface area contributed by atoms with Crippen LogP contribution >= 0.6 is 11.3 Å². The molecule has 2 aromatic heterocycles. The lowest BCUT2D eigenvalue weighted by atomic mass is 10.1. The third kappa shape index (κ3) is 3.52. The number of carbonyl (C=O) groups is 1. The number of hydrogen-bond donors (Lipinski definition) is 0. The van der Waals surface area contributed by atoms with Gasteiger partial charge in [0.1, 0.15) is 10.8 Å². The maximum Gasteiger partial charge on any atom is 0.337 e. The van der Waals surface area contributed by atoms with Gasteiger partial charge in [0.2, 0.25) is 0 Å². The molecule has 0 bridgehead atoms. The van der Waals surface area contributed by atoms with Crippen LogP contribution in [0.4, 0.5) is 0 Å². The Labute approximate surface area is 171 Å². The van der Waals surface area contributed by atoms with Crippen molar-refractivity contribution in [1.82, 2.24) is 15.0 Å². The Hall–Kier alpha value is -3.10. The maximum absolute atomic E-state index is 12.2. The highest BCUT2D eigenvalue weighted by molar-refractivity contribution is 7.21. The lowest BCUT2D eigenvalue weighted by molar-refractivity contribution is 0.0601. The number of hydrogen-bond acceptors (Lipinski definition) is 8. The van der Waals surface area contributed by atoms with Gasteiger partial charge in [-0.15, -0.1) is 11.3 Å². The van der Waals surface area contributed by atoms with Gasteiger partial charge < -0.3 is 14.2 Å². The summed E-state index contributed by atoms with van der Waals surface area (Å²) in [6.45, 7) is 2.33. The zero-order valence-corrected chi connectivity index (χ0v) is 17.3. The highest BCUT2D eigenvalue weighted by atomic mass is 32.1. The molecule has 0 aliphatic carbocycles. The van der Waals surface area contributed by atoms with E-state index in [0.29, 0.717) is 28.9 Å². The molecule has 0 radical (unpaired) electrons. The molecule has 4 rings (SSSR count). The zero-order chi connectivity index (χ0) is 20.5. The second-order valence-electron chi connectivity index (χ2n) is 6.49. The standard InChI is InChI=1S/C21H19N3O4S/c1-11-5-14(27-3)8-17-18(11)24-20(29-17)15-6-12(21(25)28-4)7-16-19(15)22-9-13(23-16)10-26-2/h5-9H,10H2,1-4H3. The molecule has 2 aromatic carbocycles. The largest absolute Gasteiger partial charge is 0.497 e. The average Bonchev–Trinajstić information content (AvgIpc) is 3.17. The van der Waals surface area contributed by atoms with Crippen LogP contribution in [0.15, 0.2) is 30.5 Å². The van der Waals surface area contributed by atoms with Crippen molar-refractivity contribution in [3.8, 4) is 16.3 Å². The average molecular weight is 409 g/mol. The van der Waals surface area contributed by atoms with Crippen LogP contribution in [0.1, 0.15) is 21.6 Å². The molecule has 7 nitrogen and oxygen atoms in total. The maximum atomic E-state index is 12.2. The molecule has 29 heavy (non-hydrogen) atoms. The number of aryl methyl sites for hydroxylation is 1. The summed E-state index contributed by atoms with van der Waals surface area (Å²) in [4.78, 5) is 26.2. The molecule has 0 spiro atoms. The first-order valence-electron chi connectivity index (χ1n) is 8.86. The topological polar surface area (TPSA) is 83.4 Å². The zero-order valence-electron chi connectivity index (χ0n) is 16.5. The molecule has 8 heteroatoms. The van der Waals surface area contributed by atoms with Crippen LogP contribution in [0, 0.1) is 6.92 Å². The van der Waals surface area contributed by atoms with Crippen LogP contribution in [0.2, 0.25) is 0 Å². The number of nitrogens with zero attached hydrogens (tertiary/aromatic N) is 3. The predicted octanol–water partition coefficient (Wildman–Crippen LogP) is 4.16. The molecule has 0 aliphatic heterocycles. The van der Waals surface area contributed by atoms with Crippen LogP contribution in [-0.2, 0) is 16.1 Å². The summed E-state index contributed by atoms with van der Waals surface area (Å²) in [5.41, 5.74) is 4.98. The molecule has 4 aromatic rings. The summed E-state index contributed by atoms with van der Waals surface area (Å²) >= 11 is 1.52. The van der Waals surface area contributed by atoms with Crippen molar-refractivity contribution in [3.05, 3.63) is 47.3 Å². The molecule has 148 valence electrons. The Balaban J connectivity index is 1.97. The van der Waals surface area contributed by atoms with E-state index in [1.165, 1.54) is 18.4 Å². The van der Waals surface area contributed by atoms with Gasteiger partial charge in [-0.2, -0.15) is 0 Å². The van der Waals surface area contributed by atoms with Crippen molar-refractivity contribution in [3.63, 3.8) is 0 Å². The Morgan fingerprint density at radius 2 is 1.90 bits per heavy atom. The van der Waals surface area contributed by atoms with E-state index in [4.69, 9.17) is 19.2 Å². The minimum Gasteiger partial charge on any atom is -0.497 e. The lowest BCUT2D eigenvalue weighted by Gasteiger charge is -2.08. The summed E-state index contributed by atoms with van der Waals surface area (Å²) < 4.78 is 16.4. The molecule has 0 amide bonds. The number of rotatable bonds is 5. The molecular weight excluding hydrogens is 390 g/mol. The van der Waals surface area contributed by atoms with E-state index in [1.807, 2.05) is 19.1 Å². The van der Waals surface area contributed by atoms with Crippen molar-refractivity contribution in [1.29, 1.82) is 0 Å². The van der Waals surface area contributed by atoms with E-state index in [2.05, 4.69) is 9.97 Å². The molecule has 0 fully saturated rings. The molecule has 2 heterocycles. The SMILES string of the molecule is COCc1cnc2c(-c3nc4c(C)cc(OC)cc4s3)cc(C(=O)OC)cc2n1. The van der Waals surface area contributed by atoms with E-state index >= 15 is 0 Å². The van der Waals surface area contributed by atoms with Gasteiger partial charge in [0.15, 0.2) is 0 Å². The van der Waals surface area contributed by atoms with Crippen molar-refractivity contribution in [2.24, 2.45) is 0 Å². The van der Waals surface area contributed by atoms with Crippen molar-refractivity contribution < 1.29 is 19.0 Å². The first-order valence-corrected chi connectivity index (χ1v) is 9.68. The number of ether oxygens (including phenoxy) is 3. The van der Waals surface area contributed by atoms with E-state index in [0.717, 1.165) is 32.1 Å². The number of aromatic nitrogens is 3. The number of benzene rings is 2. The van der Waals surface area contributed by atoms with Gasteiger partial charge in [0.05, 0.1) is 59.5 Å². The van der Waals surface area contributed by atoms with Gasteiger partial charge in [-0.25, -0.2) is 14.8 Å². The van der Waals surface area contributed by atoms with Gasteiger partial charge >= 0.3 is 5.97 Å². The molecule has 0 saturated heterocycles. The summed E-state index contributed by atoms with van der Waals surface area (Å²) in [5, 5.41) is 0.751. The van der Waals surface area contributed by atoms with Crippen LogP contribution in [0.5, 0.6) is 5.75 Å². The van der Waals surface area contributed by atoms with E-state index in [1.54, 1.807) is 32.5 Å². The first-order chi connectivity index (χ1) is 14.0. The quantitative estimate of drug-likeness (QED) is 0.458. The molecule has 0 N–H and O–H groups in total. The second-order valence-corrected chi connectivity index (χ2v) is 7.52. The van der Waals surface area contributed by atoms with Gasteiger partial charge in [0, 0.05) is 12.7 Å². The van der Waals surface area contributed by atoms with E-state index in [9.17, 15) is 4.79 Å². The highest BCUT2D eigenvalue weighted by Crippen LogP contribution is 2.37. The number of thiazole rings is 1. The molecular formula is C21H19N3O4S. The predicted molar refractivity (Wildman–Crippen MR) is 111 cm³/mol. The van der Waals surface area contributed by atoms with Crippen molar-refractivity contribution >= 4 is 38.6 Å². The third-order valence-corrected chi connectivity index (χ3v) is 5.57. The lowest BCUT2D eigenvalue weighted by Crippen LogP contribution is -2.03. The van der Waals surface area contributed by atoms with Gasteiger partial charge in [-0.3, -0.25) is 4.98 Å². The summed E-state index contributed by atoms with van der Waals surface area (Å²) in [6.07, 6.45) is 1.68.